The highest BCUT2D eigenvalue weighted by molar-refractivity contribution is 5.85. The summed E-state index contributed by atoms with van der Waals surface area (Å²) in [7, 11) is 3.66. The van der Waals surface area contributed by atoms with Crippen LogP contribution in [-0.4, -0.2) is 110 Å². The van der Waals surface area contributed by atoms with Gasteiger partial charge < -0.3 is 35.3 Å². The Hall–Kier alpha value is -7.48. The van der Waals surface area contributed by atoms with E-state index in [1.54, 1.807) is 19.4 Å². The SMILES string of the molecule is CN(CC(=O)NC(CCCc1ccccc1)CCCc1ccccc1)C[C@@H](O)COc1cccc2ncccc12.CNCC(=O)NC(CCCc1ccccc1)CCCc1ccccc1.c1cc(OC[C@@H]2CO2)c2cccnc2c1. The Morgan fingerprint density at radius 1 is 0.562 bits per heavy atom. The molecule has 9 rings (SSSR count). The lowest BCUT2D eigenvalue weighted by atomic mass is 9.99. The summed E-state index contributed by atoms with van der Waals surface area (Å²) in [5.74, 6) is 1.65. The molecule has 80 heavy (non-hydrogen) atoms. The fourth-order valence-corrected chi connectivity index (χ4v) is 9.74. The Labute approximate surface area is 474 Å². The van der Waals surface area contributed by atoms with Crippen molar-refractivity contribution in [3.05, 3.63) is 217 Å². The van der Waals surface area contributed by atoms with Crippen molar-refractivity contribution in [1.82, 2.24) is 30.8 Å². The van der Waals surface area contributed by atoms with Gasteiger partial charge in [0.05, 0.1) is 30.7 Å². The fraction of sp³-hybridized carbons (Fsp3) is 0.353. The second-order valence-corrected chi connectivity index (χ2v) is 20.7. The number of nitrogens with one attached hydrogen (secondary N) is 3. The molecule has 3 heterocycles. The quantitative estimate of drug-likeness (QED) is 0.0321. The highest BCUT2D eigenvalue weighted by Gasteiger charge is 2.23. The Balaban J connectivity index is 0.000000194. The molecule has 0 spiro atoms. The number of aliphatic hydroxyl groups is 1. The number of hydrogen-bond acceptors (Lipinski definition) is 10. The summed E-state index contributed by atoms with van der Waals surface area (Å²) in [5, 5.41) is 21.9. The molecule has 0 unspecified atom stereocenters. The third kappa shape index (κ3) is 22.7. The number of ether oxygens (including phenoxy) is 3. The van der Waals surface area contributed by atoms with Crippen LogP contribution in [0.2, 0.25) is 0 Å². The van der Waals surface area contributed by atoms with Crippen molar-refractivity contribution < 1.29 is 28.9 Å². The minimum atomic E-state index is -0.725. The van der Waals surface area contributed by atoms with Gasteiger partial charge in [-0.05, 0) is 162 Å². The molecule has 8 aromatic rings. The van der Waals surface area contributed by atoms with Crippen LogP contribution in [0.1, 0.15) is 73.6 Å². The number of hydrogen-bond donors (Lipinski definition) is 4. The number of aromatic nitrogens is 2. The fourth-order valence-electron chi connectivity index (χ4n) is 9.74. The maximum absolute atomic E-state index is 13.0. The van der Waals surface area contributed by atoms with E-state index >= 15 is 0 Å². The molecule has 12 nitrogen and oxygen atoms in total. The molecule has 1 aliphatic heterocycles. The average Bonchev–Trinajstić information content (AvgIpc) is 4.32. The van der Waals surface area contributed by atoms with E-state index in [2.05, 4.69) is 123 Å². The summed E-state index contributed by atoms with van der Waals surface area (Å²) in [6.45, 7) is 2.54. The van der Waals surface area contributed by atoms with Crippen LogP contribution in [0.3, 0.4) is 0 Å². The van der Waals surface area contributed by atoms with E-state index in [1.807, 2.05) is 96.9 Å². The largest absolute Gasteiger partial charge is 0.490 e. The van der Waals surface area contributed by atoms with Gasteiger partial charge in [-0.25, -0.2) is 0 Å². The second kappa shape index (κ2) is 34.5. The number of likely N-dealkylation sites (N-methyl/N-ethyl adjacent to an activating group) is 2. The molecule has 2 aromatic heterocycles. The predicted molar refractivity (Wildman–Crippen MR) is 323 cm³/mol. The van der Waals surface area contributed by atoms with Crippen molar-refractivity contribution >= 4 is 33.6 Å². The zero-order valence-corrected chi connectivity index (χ0v) is 46.8. The van der Waals surface area contributed by atoms with E-state index < -0.39 is 6.10 Å². The number of rotatable bonds is 30. The van der Waals surface area contributed by atoms with Crippen LogP contribution >= 0.6 is 0 Å². The van der Waals surface area contributed by atoms with Gasteiger partial charge in [0.15, 0.2) is 0 Å². The monoisotopic (exact) mass is 1080 g/mol. The summed E-state index contributed by atoms with van der Waals surface area (Å²) in [6.07, 6.45) is 15.4. The van der Waals surface area contributed by atoms with Gasteiger partial charge >= 0.3 is 0 Å². The number of nitrogens with zero attached hydrogens (tertiary/aromatic N) is 3. The highest BCUT2D eigenvalue weighted by atomic mass is 16.6. The zero-order valence-electron chi connectivity index (χ0n) is 46.8. The molecule has 2 atom stereocenters. The molecule has 420 valence electrons. The van der Waals surface area contributed by atoms with Crippen LogP contribution < -0.4 is 25.4 Å². The zero-order chi connectivity index (χ0) is 55.8. The Morgan fingerprint density at radius 3 is 1.39 bits per heavy atom. The van der Waals surface area contributed by atoms with Crippen molar-refractivity contribution in [2.24, 2.45) is 0 Å². The maximum Gasteiger partial charge on any atom is 0.234 e. The number of aliphatic hydroxyl groups excluding tert-OH is 1. The number of pyridine rings is 2. The molecule has 0 aliphatic carbocycles. The molecule has 1 saturated heterocycles. The number of aryl methyl sites for hydroxylation is 4. The number of amides is 2. The lowest BCUT2D eigenvalue weighted by Crippen LogP contribution is -2.43. The average molecular weight is 1080 g/mol. The Morgan fingerprint density at radius 2 is 0.975 bits per heavy atom. The summed E-state index contributed by atoms with van der Waals surface area (Å²) in [4.78, 5) is 35.4. The summed E-state index contributed by atoms with van der Waals surface area (Å²) >= 11 is 0. The molecule has 6 aromatic carbocycles. The van der Waals surface area contributed by atoms with Gasteiger partial charge in [-0.2, -0.15) is 0 Å². The van der Waals surface area contributed by atoms with Gasteiger partial charge in [0, 0.05) is 41.8 Å². The van der Waals surface area contributed by atoms with Crippen molar-refractivity contribution in [2.45, 2.75) is 101 Å². The van der Waals surface area contributed by atoms with Crippen molar-refractivity contribution in [3.63, 3.8) is 0 Å². The number of benzene rings is 6. The molecule has 4 N–H and O–H groups in total. The van der Waals surface area contributed by atoms with E-state index in [1.165, 1.54) is 22.3 Å². The standard InChI is InChI=1S/C34H41N3O3.C22H30N2O.C12H11NO2/c1-37(24-30(38)26-40-33-22-10-21-32-31(33)20-11-23-35-32)25-34(39)36-29(18-8-16-27-12-4-2-5-13-27)19-9-17-28-14-6-3-7-15-28;1-23-18-22(25)24-21(16-8-14-19-10-4-2-5-11-19)17-9-15-20-12-6-3-7-13-20;1-4-11-10(3-2-6-13-11)12(5-1)15-8-9-7-14-9/h2-7,10-15,20-23,29-30,38H,8-9,16-19,24-26H2,1H3,(H,36,39);2-7,10-13,21,23H,8-9,14-18H2,1H3,(H,24,25);1-6,9H,7-8H2/t30-;;9-/m1.0/s1. The summed E-state index contributed by atoms with van der Waals surface area (Å²) < 4.78 is 16.7. The van der Waals surface area contributed by atoms with Crippen LogP contribution in [-0.2, 0) is 40.0 Å². The van der Waals surface area contributed by atoms with E-state index in [0.29, 0.717) is 25.4 Å². The Bertz CT molecular complexity index is 2880. The van der Waals surface area contributed by atoms with E-state index in [0.717, 1.165) is 111 Å². The number of epoxide rings is 1. The second-order valence-electron chi connectivity index (χ2n) is 20.7. The van der Waals surface area contributed by atoms with Gasteiger partial charge in [-0.15, -0.1) is 0 Å². The predicted octanol–water partition coefficient (Wildman–Crippen LogP) is 11.2. The van der Waals surface area contributed by atoms with E-state index in [4.69, 9.17) is 14.2 Å². The van der Waals surface area contributed by atoms with Crippen LogP contribution in [0.15, 0.2) is 194 Å². The summed E-state index contributed by atoms with van der Waals surface area (Å²) in [6, 6.07) is 61.9. The molecule has 1 aliphatic rings. The highest BCUT2D eigenvalue weighted by Crippen LogP contribution is 2.26. The molecule has 1 fully saturated rings. The van der Waals surface area contributed by atoms with E-state index in [-0.39, 0.29) is 43.2 Å². The van der Waals surface area contributed by atoms with Gasteiger partial charge in [-0.1, -0.05) is 133 Å². The first-order valence-electron chi connectivity index (χ1n) is 28.6. The summed E-state index contributed by atoms with van der Waals surface area (Å²) in [5.41, 5.74) is 7.20. The molecular weight excluding hydrogens is 997 g/mol. The number of carbonyl (C=O) groups is 2. The minimum absolute atomic E-state index is 0.0137. The normalized spacial score (nSPS) is 13.0. The van der Waals surface area contributed by atoms with Crippen LogP contribution in [0.5, 0.6) is 11.5 Å². The third-order valence-electron chi connectivity index (χ3n) is 13.9. The van der Waals surface area contributed by atoms with Crippen LogP contribution in [0.4, 0.5) is 0 Å². The smallest absolute Gasteiger partial charge is 0.234 e. The molecular formula is C68H82N6O6. The molecule has 0 bridgehead atoms. The molecule has 0 radical (unpaired) electrons. The molecule has 2 amide bonds. The lowest BCUT2D eigenvalue weighted by molar-refractivity contribution is -0.123. The Kier molecular flexibility index (Phi) is 26.0. The van der Waals surface area contributed by atoms with Crippen molar-refractivity contribution in [1.29, 1.82) is 0 Å². The van der Waals surface area contributed by atoms with Crippen LogP contribution in [0.25, 0.3) is 21.8 Å². The minimum Gasteiger partial charge on any atom is -0.490 e. The lowest BCUT2D eigenvalue weighted by Gasteiger charge is -2.23. The van der Waals surface area contributed by atoms with Gasteiger partial charge in [-0.3, -0.25) is 24.5 Å². The first kappa shape index (κ1) is 60.2. The van der Waals surface area contributed by atoms with E-state index in [9.17, 15) is 14.7 Å². The van der Waals surface area contributed by atoms with Gasteiger partial charge in [0.1, 0.15) is 36.9 Å². The van der Waals surface area contributed by atoms with Crippen molar-refractivity contribution in [2.75, 3.05) is 53.6 Å². The molecule has 0 saturated carbocycles. The van der Waals surface area contributed by atoms with Crippen molar-refractivity contribution in [3.8, 4) is 11.5 Å². The topological polar surface area (TPSA) is 150 Å². The van der Waals surface area contributed by atoms with Gasteiger partial charge in [0.25, 0.3) is 0 Å². The number of carbonyl (C=O) groups excluding carboxylic acids is 2. The number of fused-ring (bicyclic) bond motifs is 2. The van der Waals surface area contributed by atoms with Gasteiger partial charge in [0.2, 0.25) is 11.8 Å². The first-order valence-corrected chi connectivity index (χ1v) is 28.6. The first-order chi connectivity index (χ1) is 39.3. The third-order valence-corrected chi connectivity index (χ3v) is 13.9. The molecule has 12 heteroatoms. The maximum atomic E-state index is 13.0. The van der Waals surface area contributed by atoms with Crippen LogP contribution in [0, 0.1) is 0 Å².